The number of hydrogen-bond donors (Lipinski definition) is 2. The first-order chi connectivity index (χ1) is 29.0. The number of phosphoric ester groups is 1. The number of unbranched alkanes of at least 4 members (excludes halogenated alkanes) is 22. The van der Waals surface area contributed by atoms with Gasteiger partial charge in [0, 0.05) is 12.8 Å². The van der Waals surface area contributed by atoms with E-state index in [0.717, 1.165) is 81.7 Å². The summed E-state index contributed by atoms with van der Waals surface area (Å²) in [6.07, 6.45) is 39.3. The molecule has 0 heterocycles. The molecule has 0 aromatic carbocycles. The van der Waals surface area contributed by atoms with Gasteiger partial charge in [-0.3, -0.25) is 18.6 Å². The minimum Gasteiger partial charge on any atom is -0.462 e. The van der Waals surface area contributed by atoms with Crippen LogP contribution in [0.3, 0.4) is 0 Å². The van der Waals surface area contributed by atoms with Crippen LogP contribution in [-0.2, 0) is 32.7 Å². The molecule has 0 saturated carbocycles. The first-order valence-corrected chi connectivity index (χ1v) is 26.0. The highest BCUT2D eigenvalue weighted by molar-refractivity contribution is 7.47. The fraction of sp³-hybridized carbons (Fsp3) is 0.878. The molecule has 61 heavy (non-hydrogen) atoms. The van der Waals surface area contributed by atoms with Gasteiger partial charge in [0.15, 0.2) is 6.10 Å². The summed E-state index contributed by atoms with van der Waals surface area (Å²) >= 11 is 0. The predicted molar refractivity (Wildman–Crippen MR) is 254 cm³/mol. The first kappa shape index (κ1) is 61.5. The van der Waals surface area contributed by atoms with Crippen LogP contribution in [0.4, 0.5) is 0 Å². The topological polar surface area (TPSA) is 129 Å². The van der Waals surface area contributed by atoms with E-state index in [2.05, 4.69) is 59.3 Å². The minimum absolute atomic E-state index is 0.0299. The van der Waals surface area contributed by atoms with Crippen LogP contribution in [0.25, 0.3) is 0 Å². The summed E-state index contributed by atoms with van der Waals surface area (Å²) < 4.78 is 35.1. The van der Waals surface area contributed by atoms with E-state index in [4.69, 9.17) is 23.6 Å². The fourth-order valence-electron chi connectivity index (χ4n) is 6.24. The van der Waals surface area contributed by atoms with Crippen LogP contribution in [0.2, 0.25) is 0 Å². The van der Waals surface area contributed by atoms with E-state index in [1.807, 2.05) is 21.1 Å². The number of quaternary nitrogens is 2. The Morgan fingerprint density at radius 3 is 1.28 bits per heavy atom. The highest BCUT2D eigenvalue weighted by Gasteiger charge is 2.27. The Hall–Kier alpha value is -1.59. The highest BCUT2D eigenvalue weighted by Crippen LogP contribution is 2.43. The van der Waals surface area contributed by atoms with E-state index in [1.165, 1.54) is 89.9 Å². The summed E-state index contributed by atoms with van der Waals surface area (Å²) in [5, 5.41) is 8.39. The van der Waals surface area contributed by atoms with Gasteiger partial charge in [-0.25, -0.2) is 4.57 Å². The normalized spacial score (nSPS) is 13.6. The second kappa shape index (κ2) is 42.4. The van der Waals surface area contributed by atoms with E-state index >= 15 is 0 Å². The van der Waals surface area contributed by atoms with Gasteiger partial charge in [-0.2, -0.15) is 0 Å². The number of aliphatic hydroxyl groups is 1. The molecule has 0 fully saturated rings. The average molecular weight is 891 g/mol. The Morgan fingerprint density at radius 2 is 0.902 bits per heavy atom. The lowest BCUT2D eigenvalue weighted by molar-refractivity contribution is -0.870. The molecule has 362 valence electrons. The Balaban J connectivity index is 0. The number of carbonyl (C=O) groups is 2. The summed E-state index contributed by atoms with van der Waals surface area (Å²) in [5.74, 6) is -0.814. The van der Waals surface area contributed by atoms with Crippen molar-refractivity contribution in [2.24, 2.45) is 0 Å². The van der Waals surface area contributed by atoms with Gasteiger partial charge in [-0.05, 0) is 64.2 Å². The zero-order valence-electron chi connectivity index (χ0n) is 41.0. The molecular formula is C49H99N2O9P+2. The number of ether oxygens (including phenoxy) is 2. The molecule has 0 saturated heterocycles. The Bertz CT molecular complexity index is 1100. The summed E-state index contributed by atoms with van der Waals surface area (Å²) in [7, 11) is 7.62. The number of nitrogens with zero attached hydrogens (tertiary/aromatic N) is 2. The molecule has 2 atom stereocenters. The Kier molecular flexibility index (Phi) is 42.7. The minimum atomic E-state index is -4.37. The zero-order valence-corrected chi connectivity index (χ0v) is 41.9. The van der Waals surface area contributed by atoms with Crippen molar-refractivity contribution in [2.75, 3.05) is 81.8 Å². The van der Waals surface area contributed by atoms with Crippen LogP contribution < -0.4 is 0 Å². The molecule has 0 aliphatic carbocycles. The van der Waals surface area contributed by atoms with Crippen LogP contribution in [0.1, 0.15) is 194 Å². The number of hydrogen-bond acceptors (Lipinski definition) is 8. The predicted octanol–water partition coefficient (Wildman–Crippen LogP) is 12.0. The van der Waals surface area contributed by atoms with Gasteiger partial charge >= 0.3 is 19.8 Å². The van der Waals surface area contributed by atoms with Crippen LogP contribution in [-0.4, -0.2) is 119 Å². The van der Waals surface area contributed by atoms with Crippen molar-refractivity contribution in [3.63, 3.8) is 0 Å². The van der Waals surface area contributed by atoms with E-state index in [9.17, 15) is 19.0 Å². The van der Waals surface area contributed by atoms with Crippen LogP contribution >= 0.6 is 7.82 Å². The molecule has 0 radical (unpaired) electrons. The number of esters is 2. The molecular weight excluding hydrogens is 792 g/mol. The Labute approximate surface area is 376 Å². The maximum absolute atomic E-state index is 12.7. The zero-order chi connectivity index (χ0) is 45.9. The third-order valence-corrected chi connectivity index (χ3v) is 11.2. The second-order valence-corrected chi connectivity index (χ2v) is 20.3. The third kappa shape index (κ3) is 52.7. The smallest absolute Gasteiger partial charge is 0.462 e. The third-order valence-electron chi connectivity index (χ3n) is 10.2. The highest BCUT2D eigenvalue weighted by atomic mass is 31.2. The molecule has 0 aromatic rings. The fourth-order valence-corrected chi connectivity index (χ4v) is 6.99. The molecule has 0 aromatic heterocycles. The summed E-state index contributed by atoms with van der Waals surface area (Å²) in [6.45, 7) is 5.51. The largest absolute Gasteiger partial charge is 0.472 e. The molecule has 11 nitrogen and oxygen atoms in total. The molecule has 0 aliphatic heterocycles. The van der Waals surface area contributed by atoms with Crippen molar-refractivity contribution in [3.8, 4) is 0 Å². The van der Waals surface area contributed by atoms with E-state index < -0.39 is 26.5 Å². The number of aliphatic hydroxyl groups excluding tert-OH is 1. The summed E-state index contributed by atoms with van der Waals surface area (Å²) in [5.41, 5.74) is 0. The van der Waals surface area contributed by atoms with E-state index in [1.54, 1.807) is 0 Å². The average Bonchev–Trinajstić information content (AvgIpc) is 3.18. The van der Waals surface area contributed by atoms with Crippen molar-refractivity contribution < 1.29 is 51.6 Å². The lowest BCUT2D eigenvalue weighted by Gasteiger charge is -2.24. The van der Waals surface area contributed by atoms with Crippen LogP contribution in [0.15, 0.2) is 24.3 Å². The molecule has 0 bridgehead atoms. The van der Waals surface area contributed by atoms with Crippen molar-refractivity contribution >= 4 is 19.8 Å². The quantitative estimate of drug-likeness (QED) is 0.0202. The molecule has 0 rings (SSSR count). The van der Waals surface area contributed by atoms with Gasteiger partial charge in [-0.15, -0.1) is 0 Å². The number of rotatable bonds is 42. The van der Waals surface area contributed by atoms with Gasteiger partial charge < -0.3 is 28.4 Å². The van der Waals surface area contributed by atoms with Crippen LogP contribution in [0, 0.1) is 0 Å². The first-order valence-electron chi connectivity index (χ1n) is 24.5. The molecule has 12 heteroatoms. The number of likely N-dealkylation sites (N-methyl/N-ethyl adjacent to an activating group) is 2. The number of allylic oxidation sites excluding steroid dienone is 4. The van der Waals surface area contributed by atoms with Crippen molar-refractivity contribution in [2.45, 2.75) is 200 Å². The van der Waals surface area contributed by atoms with Gasteiger partial charge in [-0.1, -0.05) is 141 Å². The molecule has 0 spiro atoms. The van der Waals surface area contributed by atoms with Gasteiger partial charge in [0.25, 0.3) is 0 Å². The van der Waals surface area contributed by atoms with Crippen molar-refractivity contribution in [3.05, 3.63) is 24.3 Å². The molecule has 0 aliphatic rings. The van der Waals surface area contributed by atoms with E-state index in [0.29, 0.717) is 17.4 Å². The maximum atomic E-state index is 12.7. The van der Waals surface area contributed by atoms with Gasteiger partial charge in [0.05, 0.1) is 55.5 Å². The van der Waals surface area contributed by atoms with Gasteiger partial charge in [0.2, 0.25) is 0 Å². The molecule has 0 amide bonds. The summed E-state index contributed by atoms with van der Waals surface area (Å²) in [4.78, 5) is 35.3. The number of phosphoric acid groups is 1. The second-order valence-electron chi connectivity index (χ2n) is 18.8. The van der Waals surface area contributed by atoms with E-state index in [-0.39, 0.29) is 38.6 Å². The lowest BCUT2D eigenvalue weighted by Crippen LogP contribution is -2.37. The van der Waals surface area contributed by atoms with Crippen molar-refractivity contribution in [1.29, 1.82) is 0 Å². The monoisotopic (exact) mass is 891 g/mol. The van der Waals surface area contributed by atoms with Crippen LogP contribution in [0.5, 0.6) is 0 Å². The van der Waals surface area contributed by atoms with Gasteiger partial charge in [0.1, 0.15) is 26.3 Å². The Morgan fingerprint density at radius 1 is 0.525 bits per heavy atom. The number of carbonyl (C=O) groups excluding carboxylic acids is 2. The lowest BCUT2D eigenvalue weighted by atomic mass is 10.1. The molecule has 1 unspecified atom stereocenters. The standard InChI is InChI=1S/C44H84NO8P.C5H14NO/c1-6-8-10-12-14-16-18-20-22-24-26-28-30-32-34-36-43(46)50-40-42(41-52-54(48,49)51-39-38-45(3,4)5)53-44(47)37-35-33-31-29-27-25-23-21-19-17-15-13-11-9-7-2;1-6(2,3)4-5-7/h20-23,42H,6-19,24-41H2,1-5H3;7H,4-5H2,1-3H3/q;+1/p+1/b22-20-,23-21-;/t42-;/m1./s1. The molecule has 2 N–H and O–H groups in total. The van der Waals surface area contributed by atoms with Crippen molar-refractivity contribution in [1.82, 2.24) is 0 Å². The SMILES string of the molecule is CCCCCCCC/C=C\CCCCCCCC(=O)OC[C@H](COP(=O)(O)OCC[N+](C)(C)C)OC(=O)CCCCCCC/C=C\CCCCCCCC.C[N+](C)(C)CCO. The summed E-state index contributed by atoms with van der Waals surface area (Å²) in [6, 6.07) is 0. The maximum Gasteiger partial charge on any atom is 0.472 e.